The van der Waals surface area contributed by atoms with Gasteiger partial charge in [-0.1, -0.05) is 30.3 Å². The van der Waals surface area contributed by atoms with Crippen LogP contribution in [0.4, 0.5) is 0 Å². The van der Waals surface area contributed by atoms with Crippen molar-refractivity contribution in [3.8, 4) is 5.75 Å². The topological polar surface area (TPSA) is 63.3 Å². The normalized spacial score (nSPS) is 11.7. The fourth-order valence-electron chi connectivity index (χ4n) is 3.16. The van der Waals surface area contributed by atoms with Crippen LogP contribution >= 0.6 is 0 Å². The SMILES string of the molecule is O=c1ccc2cc3nc4c(cc(O)c5ccccc54)oc3cc2c1. The van der Waals surface area contributed by atoms with Crippen LogP contribution in [0.2, 0.25) is 0 Å². The smallest absolute Gasteiger partial charge is 0.179 e. The number of hydrogen-bond acceptors (Lipinski definition) is 4. The first kappa shape index (κ1) is 13.1. The number of benzene rings is 4. The first-order valence-electron chi connectivity index (χ1n) is 7.58. The molecule has 1 heterocycles. The van der Waals surface area contributed by atoms with Gasteiger partial charge in [0.05, 0.1) is 0 Å². The van der Waals surface area contributed by atoms with Crippen LogP contribution in [0.25, 0.3) is 43.7 Å². The van der Waals surface area contributed by atoms with E-state index in [1.54, 1.807) is 24.3 Å². The third-order valence-corrected chi connectivity index (χ3v) is 4.30. The van der Waals surface area contributed by atoms with Crippen molar-refractivity contribution in [3.05, 3.63) is 70.9 Å². The summed E-state index contributed by atoms with van der Waals surface area (Å²) in [6.07, 6.45) is 0. The van der Waals surface area contributed by atoms with Crippen molar-refractivity contribution in [1.29, 1.82) is 0 Å². The maximum atomic E-state index is 11.5. The molecule has 114 valence electrons. The lowest BCUT2D eigenvalue weighted by molar-refractivity contribution is 0.481. The van der Waals surface area contributed by atoms with Gasteiger partial charge in [0.25, 0.3) is 0 Å². The molecule has 24 heavy (non-hydrogen) atoms. The molecule has 5 rings (SSSR count). The minimum absolute atomic E-state index is 0.0424. The maximum Gasteiger partial charge on any atom is 0.179 e. The second-order valence-corrected chi connectivity index (χ2v) is 5.83. The van der Waals surface area contributed by atoms with E-state index in [0.29, 0.717) is 22.2 Å². The number of phenolic OH excluding ortho intramolecular Hbond substituents is 1. The number of hydrogen-bond donors (Lipinski definition) is 1. The molecular weight excluding hydrogens is 302 g/mol. The second kappa shape index (κ2) is 4.55. The molecule has 0 spiro atoms. The number of rotatable bonds is 0. The standard InChI is InChI=1S/C20H11NO3/c22-13-6-5-11-8-16-18(9-12(11)7-13)24-19-10-17(23)14-3-1-2-4-15(14)20(19)21-16/h1-10,23H. The quantitative estimate of drug-likeness (QED) is 0.341. The van der Waals surface area contributed by atoms with Crippen LogP contribution < -0.4 is 5.43 Å². The summed E-state index contributed by atoms with van der Waals surface area (Å²) in [5.41, 5.74) is 2.46. The highest BCUT2D eigenvalue weighted by Gasteiger charge is 2.11. The monoisotopic (exact) mass is 313 g/mol. The first-order chi connectivity index (χ1) is 11.7. The Morgan fingerprint density at radius 2 is 1.67 bits per heavy atom. The average molecular weight is 313 g/mol. The lowest BCUT2D eigenvalue weighted by atomic mass is 10.1. The molecule has 0 aliphatic carbocycles. The Kier molecular flexibility index (Phi) is 2.48. The van der Waals surface area contributed by atoms with Crippen LogP contribution in [0.3, 0.4) is 0 Å². The van der Waals surface area contributed by atoms with E-state index in [9.17, 15) is 9.90 Å². The van der Waals surface area contributed by atoms with Crippen molar-refractivity contribution < 1.29 is 9.52 Å². The highest BCUT2D eigenvalue weighted by molar-refractivity contribution is 6.08. The van der Waals surface area contributed by atoms with Gasteiger partial charge in [-0.3, -0.25) is 4.79 Å². The molecule has 0 bridgehead atoms. The van der Waals surface area contributed by atoms with E-state index < -0.39 is 0 Å². The van der Waals surface area contributed by atoms with Crippen LogP contribution in [0, 0.1) is 0 Å². The van der Waals surface area contributed by atoms with E-state index in [0.717, 1.165) is 21.5 Å². The molecule has 0 saturated carbocycles. The van der Waals surface area contributed by atoms with Gasteiger partial charge in [-0.2, -0.15) is 0 Å². The van der Waals surface area contributed by atoms with Gasteiger partial charge < -0.3 is 9.52 Å². The van der Waals surface area contributed by atoms with Crippen LogP contribution in [-0.2, 0) is 0 Å². The predicted octanol–water partition coefficient (Wildman–Crippen LogP) is 4.35. The summed E-state index contributed by atoms with van der Waals surface area (Å²) >= 11 is 0. The van der Waals surface area contributed by atoms with Gasteiger partial charge in [0.1, 0.15) is 16.8 Å². The molecule has 0 unspecified atom stereocenters. The Morgan fingerprint density at radius 1 is 0.833 bits per heavy atom. The van der Waals surface area contributed by atoms with E-state index in [4.69, 9.17) is 9.40 Å². The Labute approximate surface area is 135 Å². The number of fused-ring (bicyclic) bond motifs is 5. The second-order valence-electron chi connectivity index (χ2n) is 5.83. The largest absolute Gasteiger partial charge is 0.507 e. The fraction of sp³-hybridized carbons (Fsp3) is 0. The van der Waals surface area contributed by atoms with E-state index in [1.807, 2.05) is 36.4 Å². The zero-order valence-corrected chi connectivity index (χ0v) is 12.5. The minimum Gasteiger partial charge on any atom is -0.507 e. The molecule has 0 atom stereocenters. The van der Waals surface area contributed by atoms with E-state index in [1.165, 1.54) is 0 Å². The summed E-state index contributed by atoms with van der Waals surface area (Å²) in [5, 5.41) is 13.5. The summed E-state index contributed by atoms with van der Waals surface area (Å²) < 4.78 is 5.96. The lowest BCUT2D eigenvalue weighted by Gasteiger charge is -2.07. The molecule has 5 aromatic rings. The first-order valence-corrected chi connectivity index (χ1v) is 7.58. The number of phenols is 1. The van der Waals surface area contributed by atoms with Crippen molar-refractivity contribution in [2.75, 3.05) is 0 Å². The number of aromatic hydroxyl groups is 1. The van der Waals surface area contributed by atoms with Gasteiger partial charge in [-0.25, -0.2) is 4.98 Å². The highest BCUT2D eigenvalue weighted by atomic mass is 16.3. The third-order valence-electron chi connectivity index (χ3n) is 4.30. The van der Waals surface area contributed by atoms with Gasteiger partial charge >= 0.3 is 0 Å². The zero-order valence-electron chi connectivity index (χ0n) is 12.5. The number of aromatic nitrogens is 1. The Bertz CT molecular complexity index is 1340. The summed E-state index contributed by atoms with van der Waals surface area (Å²) in [4.78, 5) is 16.3. The Balaban J connectivity index is 1.98. The molecule has 0 radical (unpaired) electrons. The molecule has 0 saturated heterocycles. The van der Waals surface area contributed by atoms with Gasteiger partial charge in [0.2, 0.25) is 0 Å². The molecule has 0 fully saturated rings. The van der Waals surface area contributed by atoms with Crippen LogP contribution in [-0.4, -0.2) is 10.1 Å². The van der Waals surface area contributed by atoms with Crippen molar-refractivity contribution in [2.45, 2.75) is 0 Å². The molecular formula is C20H11NO3. The molecule has 0 aliphatic rings. The molecule has 0 amide bonds. The predicted molar refractivity (Wildman–Crippen MR) is 94.5 cm³/mol. The van der Waals surface area contributed by atoms with Crippen LogP contribution in [0.15, 0.2) is 69.9 Å². The van der Waals surface area contributed by atoms with Crippen molar-refractivity contribution in [1.82, 2.24) is 4.98 Å². The van der Waals surface area contributed by atoms with Gasteiger partial charge in [0, 0.05) is 16.8 Å². The molecule has 4 aromatic carbocycles. The zero-order chi connectivity index (χ0) is 16.3. The number of nitrogens with zero attached hydrogens (tertiary/aromatic N) is 1. The van der Waals surface area contributed by atoms with Gasteiger partial charge in [0.15, 0.2) is 16.6 Å². The Morgan fingerprint density at radius 3 is 2.54 bits per heavy atom. The van der Waals surface area contributed by atoms with E-state index >= 15 is 0 Å². The highest BCUT2D eigenvalue weighted by Crippen LogP contribution is 2.33. The molecule has 1 N–H and O–H groups in total. The fourth-order valence-corrected chi connectivity index (χ4v) is 3.16. The van der Waals surface area contributed by atoms with E-state index in [2.05, 4.69) is 0 Å². The summed E-state index contributed by atoms with van der Waals surface area (Å²) in [5.74, 6) is 0.158. The van der Waals surface area contributed by atoms with Crippen molar-refractivity contribution in [2.24, 2.45) is 0 Å². The molecule has 0 aliphatic heterocycles. The van der Waals surface area contributed by atoms with Gasteiger partial charge in [-0.05, 0) is 35.0 Å². The summed E-state index contributed by atoms with van der Waals surface area (Å²) in [6.45, 7) is 0. The molecule has 4 nitrogen and oxygen atoms in total. The van der Waals surface area contributed by atoms with E-state index in [-0.39, 0.29) is 11.2 Å². The van der Waals surface area contributed by atoms with Crippen molar-refractivity contribution in [3.63, 3.8) is 0 Å². The van der Waals surface area contributed by atoms with Crippen LogP contribution in [0.5, 0.6) is 5.75 Å². The molecule has 1 aromatic heterocycles. The maximum absolute atomic E-state index is 11.5. The van der Waals surface area contributed by atoms with Crippen LogP contribution in [0.1, 0.15) is 0 Å². The third kappa shape index (κ3) is 1.80. The summed E-state index contributed by atoms with van der Waals surface area (Å²) in [6, 6.07) is 17.8. The minimum atomic E-state index is -0.0424. The Hall–Kier alpha value is -3.40. The van der Waals surface area contributed by atoms with Crippen molar-refractivity contribution >= 4 is 43.7 Å². The lowest BCUT2D eigenvalue weighted by Crippen LogP contribution is -1.94. The molecule has 4 heteroatoms. The van der Waals surface area contributed by atoms with Gasteiger partial charge in [-0.15, -0.1) is 0 Å². The average Bonchev–Trinajstić information content (AvgIpc) is 2.59. The summed E-state index contributed by atoms with van der Waals surface area (Å²) in [7, 11) is 0.